The van der Waals surface area contributed by atoms with Crippen LogP contribution in [0, 0.1) is 6.92 Å². The van der Waals surface area contributed by atoms with Gasteiger partial charge >= 0.3 is 0 Å². The standard InChI is InChI=1S/C13H18ClNO3/c1-9-4-5-11(15-13(16)10(2)14)12(8-9)18-7-6-17-3/h4-5,8,10H,6-7H2,1-3H3,(H,15,16). The van der Waals surface area contributed by atoms with Crippen molar-refractivity contribution in [3.8, 4) is 5.75 Å². The van der Waals surface area contributed by atoms with Gasteiger partial charge in [0.1, 0.15) is 17.7 Å². The van der Waals surface area contributed by atoms with Crippen LogP contribution in [0.1, 0.15) is 12.5 Å². The molecule has 0 saturated heterocycles. The van der Waals surface area contributed by atoms with Crippen molar-refractivity contribution in [2.24, 2.45) is 0 Å². The van der Waals surface area contributed by atoms with Gasteiger partial charge in [0.15, 0.2) is 0 Å². The van der Waals surface area contributed by atoms with E-state index in [1.54, 1.807) is 20.1 Å². The van der Waals surface area contributed by atoms with Crippen LogP contribution in [0.25, 0.3) is 0 Å². The van der Waals surface area contributed by atoms with E-state index in [0.717, 1.165) is 5.56 Å². The Hall–Kier alpha value is -1.26. The summed E-state index contributed by atoms with van der Waals surface area (Å²) in [6.07, 6.45) is 0. The average molecular weight is 272 g/mol. The number of anilines is 1. The minimum Gasteiger partial charge on any atom is -0.489 e. The summed E-state index contributed by atoms with van der Waals surface area (Å²) in [5, 5.41) is 2.14. The molecule has 1 aromatic carbocycles. The van der Waals surface area contributed by atoms with Gasteiger partial charge in [-0.05, 0) is 31.5 Å². The third-order valence-corrected chi connectivity index (χ3v) is 2.50. The van der Waals surface area contributed by atoms with Crippen LogP contribution in [0.5, 0.6) is 5.75 Å². The number of benzene rings is 1. The van der Waals surface area contributed by atoms with Crippen LogP contribution in [-0.4, -0.2) is 31.6 Å². The minimum absolute atomic E-state index is 0.253. The van der Waals surface area contributed by atoms with Crippen LogP contribution in [-0.2, 0) is 9.53 Å². The van der Waals surface area contributed by atoms with Gasteiger partial charge < -0.3 is 14.8 Å². The topological polar surface area (TPSA) is 47.6 Å². The number of hydrogen-bond acceptors (Lipinski definition) is 3. The zero-order valence-corrected chi connectivity index (χ0v) is 11.6. The lowest BCUT2D eigenvalue weighted by molar-refractivity contribution is -0.115. The van der Waals surface area contributed by atoms with E-state index in [9.17, 15) is 4.79 Å². The molecule has 1 atom stereocenters. The van der Waals surface area contributed by atoms with Gasteiger partial charge in [0.05, 0.1) is 12.3 Å². The molecule has 100 valence electrons. The first kappa shape index (κ1) is 14.8. The molecule has 0 bridgehead atoms. The Morgan fingerprint density at radius 2 is 2.17 bits per heavy atom. The number of carbonyl (C=O) groups is 1. The molecule has 0 heterocycles. The molecule has 0 aliphatic rings. The zero-order valence-electron chi connectivity index (χ0n) is 10.8. The second-order valence-electron chi connectivity index (χ2n) is 3.95. The van der Waals surface area contributed by atoms with E-state index in [2.05, 4.69) is 5.32 Å². The maximum atomic E-state index is 11.6. The first-order chi connectivity index (χ1) is 8.54. The van der Waals surface area contributed by atoms with Crippen molar-refractivity contribution in [2.45, 2.75) is 19.2 Å². The molecule has 18 heavy (non-hydrogen) atoms. The van der Waals surface area contributed by atoms with Crippen LogP contribution in [0.3, 0.4) is 0 Å². The molecular weight excluding hydrogens is 254 g/mol. The van der Waals surface area contributed by atoms with Crippen LogP contribution >= 0.6 is 11.6 Å². The second kappa shape index (κ2) is 7.24. The largest absolute Gasteiger partial charge is 0.489 e. The van der Waals surface area contributed by atoms with Crippen LogP contribution < -0.4 is 10.1 Å². The summed E-state index contributed by atoms with van der Waals surface area (Å²) >= 11 is 5.72. The molecule has 1 unspecified atom stereocenters. The average Bonchev–Trinajstić information content (AvgIpc) is 2.32. The van der Waals surface area contributed by atoms with E-state index in [1.807, 2.05) is 19.1 Å². The molecule has 0 saturated carbocycles. The highest BCUT2D eigenvalue weighted by Gasteiger charge is 2.12. The van der Waals surface area contributed by atoms with Gasteiger partial charge in [0, 0.05) is 7.11 Å². The number of alkyl halides is 1. The van der Waals surface area contributed by atoms with Gasteiger partial charge in [0.2, 0.25) is 5.91 Å². The van der Waals surface area contributed by atoms with E-state index in [1.165, 1.54) is 0 Å². The number of ether oxygens (including phenoxy) is 2. The fraction of sp³-hybridized carbons (Fsp3) is 0.462. The van der Waals surface area contributed by atoms with Crippen LogP contribution in [0.4, 0.5) is 5.69 Å². The summed E-state index contributed by atoms with van der Waals surface area (Å²) < 4.78 is 10.5. The molecule has 1 amide bonds. The number of halogens is 1. The SMILES string of the molecule is COCCOc1cc(C)ccc1NC(=O)C(C)Cl. The van der Waals surface area contributed by atoms with E-state index in [-0.39, 0.29) is 5.91 Å². The Kier molecular flexibility index (Phi) is 5.95. The number of hydrogen-bond donors (Lipinski definition) is 1. The van der Waals surface area contributed by atoms with Gasteiger partial charge in [0.25, 0.3) is 0 Å². The van der Waals surface area contributed by atoms with Gasteiger partial charge in [-0.25, -0.2) is 0 Å². The predicted molar refractivity (Wildman–Crippen MR) is 72.5 cm³/mol. The van der Waals surface area contributed by atoms with Gasteiger partial charge in [-0.3, -0.25) is 4.79 Å². The molecular formula is C13H18ClNO3. The molecule has 5 heteroatoms. The van der Waals surface area contributed by atoms with Crippen molar-refractivity contribution >= 4 is 23.2 Å². The Balaban J connectivity index is 2.79. The highest BCUT2D eigenvalue weighted by molar-refractivity contribution is 6.32. The lowest BCUT2D eigenvalue weighted by Gasteiger charge is -2.13. The van der Waals surface area contributed by atoms with Crippen molar-refractivity contribution in [1.82, 2.24) is 0 Å². The Bertz CT molecular complexity index is 407. The lowest BCUT2D eigenvalue weighted by Crippen LogP contribution is -2.21. The normalized spacial score (nSPS) is 12.0. The number of rotatable bonds is 6. The van der Waals surface area contributed by atoms with Crippen molar-refractivity contribution < 1.29 is 14.3 Å². The number of carbonyl (C=O) groups excluding carboxylic acids is 1. The minimum atomic E-state index is -0.585. The van der Waals surface area contributed by atoms with Gasteiger partial charge in [-0.15, -0.1) is 11.6 Å². The lowest BCUT2D eigenvalue weighted by atomic mass is 10.2. The summed E-state index contributed by atoms with van der Waals surface area (Å²) in [6, 6.07) is 5.57. The molecule has 1 aromatic rings. The van der Waals surface area contributed by atoms with E-state index in [0.29, 0.717) is 24.7 Å². The molecule has 0 fully saturated rings. The first-order valence-corrected chi connectivity index (χ1v) is 6.15. The van der Waals surface area contributed by atoms with Crippen molar-refractivity contribution in [3.63, 3.8) is 0 Å². The molecule has 1 rings (SSSR count). The smallest absolute Gasteiger partial charge is 0.242 e. The number of amides is 1. The Morgan fingerprint density at radius 3 is 2.78 bits per heavy atom. The molecule has 0 aliphatic heterocycles. The number of aryl methyl sites for hydroxylation is 1. The van der Waals surface area contributed by atoms with E-state index in [4.69, 9.17) is 21.1 Å². The fourth-order valence-corrected chi connectivity index (χ4v) is 1.37. The van der Waals surface area contributed by atoms with Crippen molar-refractivity contribution in [2.75, 3.05) is 25.6 Å². The van der Waals surface area contributed by atoms with Crippen molar-refractivity contribution in [3.05, 3.63) is 23.8 Å². The van der Waals surface area contributed by atoms with Crippen molar-refractivity contribution in [1.29, 1.82) is 0 Å². The molecule has 0 aliphatic carbocycles. The number of nitrogens with one attached hydrogen (secondary N) is 1. The van der Waals surface area contributed by atoms with Crippen LogP contribution in [0.2, 0.25) is 0 Å². The molecule has 0 radical (unpaired) electrons. The summed E-state index contributed by atoms with van der Waals surface area (Å²) in [6.45, 7) is 4.50. The third-order valence-electron chi connectivity index (χ3n) is 2.30. The van der Waals surface area contributed by atoms with Crippen LogP contribution in [0.15, 0.2) is 18.2 Å². The summed E-state index contributed by atoms with van der Waals surface area (Å²) in [4.78, 5) is 11.6. The highest BCUT2D eigenvalue weighted by atomic mass is 35.5. The monoisotopic (exact) mass is 271 g/mol. The molecule has 1 N–H and O–H groups in total. The van der Waals surface area contributed by atoms with E-state index >= 15 is 0 Å². The molecule has 0 spiro atoms. The molecule has 0 aromatic heterocycles. The maximum Gasteiger partial charge on any atom is 0.242 e. The highest BCUT2D eigenvalue weighted by Crippen LogP contribution is 2.26. The zero-order chi connectivity index (χ0) is 13.5. The third kappa shape index (κ3) is 4.55. The Morgan fingerprint density at radius 1 is 1.44 bits per heavy atom. The summed E-state index contributed by atoms with van der Waals surface area (Å²) in [5.41, 5.74) is 1.67. The number of methoxy groups -OCH3 is 1. The quantitative estimate of drug-likeness (QED) is 0.639. The molecule has 4 nitrogen and oxygen atoms in total. The predicted octanol–water partition coefficient (Wildman–Crippen LogP) is 2.59. The van der Waals surface area contributed by atoms with Gasteiger partial charge in [-0.1, -0.05) is 6.07 Å². The summed E-state index contributed by atoms with van der Waals surface area (Å²) in [7, 11) is 1.61. The van der Waals surface area contributed by atoms with Gasteiger partial charge in [-0.2, -0.15) is 0 Å². The Labute approximate surface area is 112 Å². The fourth-order valence-electron chi connectivity index (χ4n) is 1.32. The second-order valence-corrected chi connectivity index (χ2v) is 4.60. The first-order valence-electron chi connectivity index (χ1n) is 5.72. The van der Waals surface area contributed by atoms with E-state index < -0.39 is 5.38 Å². The summed E-state index contributed by atoms with van der Waals surface area (Å²) in [5.74, 6) is 0.370. The maximum absolute atomic E-state index is 11.6.